The largest absolute Gasteiger partial charge is 0.501 e. The van der Waals surface area contributed by atoms with Gasteiger partial charge in [0.05, 0.1) is 12.9 Å². The number of ether oxygens (including phenoxy) is 1. The average molecular weight is 238 g/mol. The lowest BCUT2D eigenvalue weighted by Gasteiger charge is -2.04. The Labute approximate surface area is 105 Å². The molecule has 1 aliphatic heterocycles. The van der Waals surface area contributed by atoms with Crippen molar-refractivity contribution in [3.8, 4) is 0 Å². The van der Waals surface area contributed by atoms with Crippen LogP contribution >= 0.6 is 0 Å². The van der Waals surface area contributed by atoms with Crippen molar-refractivity contribution in [3.05, 3.63) is 12.3 Å². The van der Waals surface area contributed by atoms with Gasteiger partial charge in [-0.25, -0.2) is 0 Å². The molecule has 0 aromatic heterocycles. The zero-order valence-electron chi connectivity index (χ0n) is 11.0. The first kappa shape index (κ1) is 14.3. The van der Waals surface area contributed by atoms with Crippen LogP contribution in [0.25, 0.3) is 0 Å². The first-order chi connectivity index (χ1) is 8.39. The summed E-state index contributed by atoms with van der Waals surface area (Å²) in [7, 11) is 0. The molecular formula is C15H26O2. The highest BCUT2D eigenvalue weighted by atomic mass is 16.5. The Morgan fingerprint density at radius 3 is 1.94 bits per heavy atom. The van der Waals surface area contributed by atoms with Crippen molar-refractivity contribution in [1.82, 2.24) is 0 Å². The van der Waals surface area contributed by atoms with E-state index in [4.69, 9.17) is 4.74 Å². The van der Waals surface area contributed by atoms with Crippen LogP contribution in [0.5, 0.6) is 0 Å². The third-order valence-corrected chi connectivity index (χ3v) is 3.29. The number of hydrogen-bond acceptors (Lipinski definition) is 2. The standard InChI is InChI=1S/C15H26O2/c16-15-11-9-7-5-3-1-2-4-6-8-10-13-17-14-12-15/h12,14H,1-11,13H2/b14-12-. The fourth-order valence-electron chi connectivity index (χ4n) is 2.17. The molecule has 17 heavy (non-hydrogen) atoms. The topological polar surface area (TPSA) is 26.3 Å². The van der Waals surface area contributed by atoms with Gasteiger partial charge in [0.1, 0.15) is 0 Å². The molecule has 0 saturated carbocycles. The van der Waals surface area contributed by atoms with Crippen molar-refractivity contribution in [1.29, 1.82) is 0 Å². The SMILES string of the molecule is O=C1/C=C\OCCCCCCCCCCCC1. The van der Waals surface area contributed by atoms with E-state index in [0.717, 1.165) is 19.4 Å². The summed E-state index contributed by atoms with van der Waals surface area (Å²) in [5.74, 6) is 0.206. The van der Waals surface area contributed by atoms with Crippen molar-refractivity contribution in [3.63, 3.8) is 0 Å². The highest BCUT2D eigenvalue weighted by Gasteiger charge is 1.98. The molecule has 0 amide bonds. The predicted molar refractivity (Wildman–Crippen MR) is 70.9 cm³/mol. The number of hydrogen-bond donors (Lipinski definition) is 0. The Hall–Kier alpha value is -0.790. The number of ketones is 1. The second-order valence-corrected chi connectivity index (χ2v) is 4.93. The van der Waals surface area contributed by atoms with E-state index in [1.807, 2.05) is 0 Å². The average Bonchev–Trinajstić information content (AvgIpc) is 2.32. The molecule has 98 valence electrons. The van der Waals surface area contributed by atoms with Gasteiger partial charge in [-0.05, 0) is 12.8 Å². The third kappa shape index (κ3) is 8.96. The third-order valence-electron chi connectivity index (χ3n) is 3.29. The van der Waals surface area contributed by atoms with Crippen LogP contribution in [-0.4, -0.2) is 12.4 Å². The lowest BCUT2D eigenvalue weighted by molar-refractivity contribution is -0.114. The van der Waals surface area contributed by atoms with E-state index in [1.165, 1.54) is 51.4 Å². The number of allylic oxidation sites excluding steroid dienone is 1. The minimum absolute atomic E-state index is 0.206. The molecule has 1 aliphatic rings. The monoisotopic (exact) mass is 238 g/mol. The van der Waals surface area contributed by atoms with Crippen molar-refractivity contribution in [2.75, 3.05) is 6.61 Å². The normalized spacial score (nSPS) is 23.9. The van der Waals surface area contributed by atoms with E-state index in [0.29, 0.717) is 6.42 Å². The molecule has 0 aromatic carbocycles. The van der Waals surface area contributed by atoms with Gasteiger partial charge in [0, 0.05) is 12.5 Å². The Bertz CT molecular complexity index is 221. The fraction of sp³-hybridized carbons (Fsp3) is 0.800. The molecular weight excluding hydrogens is 212 g/mol. The van der Waals surface area contributed by atoms with E-state index in [2.05, 4.69) is 0 Å². The van der Waals surface area contributed by atoms with Crippen molar-refractivity contribution < 1.29 is 9.53 Å². The van der Waals surface area contributed by atoms with Crippen LogP contribution < -0.4 is 0 Å². The van der Waals surface area contributed by atoms with Crippen LogP contribution in [-0.2, 0) is 9.53 Å². The van der Waals surface area contributed by atoms with E-state index in [1.54, 1.807) is 12.3 Å². The molecule has 1 rings (SSSR count). The summed E-state index contributed by atoms with van der Waals surface area (Å²) in [6.07, 6.45) is 16.5. The van der Waals surface area contributed by atoms with Gasteiger partial charge in [0.2, 0.25) is 0 Å². The number of carbonyl (C=O) groups excluding carboxylic acids is 1. The molecule has 0 atom stereocenters. The van der Waals surface area contributed by atoms with E-state index in [9.17, 15) is 4.79 Å². The van der Waals surface area contributed by atoms with Gasteiger partial charge in [0.25, 0.3) is 0 Å². The van der Waals surface area contributed by atoms with Gasteiger partial charge in [0.15, 0.2) is 5.78 Å². The molecule has 0 saturated heterocycles. The number of rotatable bonds is 0. The quantitative estimate of drug-likeness (QED) is 0.625. The maximum atomic E-state index is 11.4. The molecule has 0 fully saturated rings. The predicted octanol–water partition coefficient (Wildman–Crippen LogP) is 4.39. The maximum absolute atomic E-state index is 11.4. The molecule has 0 N–H and O–H groups in total. The van der Waals surface area contributed by atoms with Crippen LogP contribution in [0.4, 0.5) is 0 Å². The lowest BCUT2D eigenvalue weighted by atomic mass is 10.0. The van der Waals surface area contributed by atoms with Gasteiger partial charge < -0.3 is 4.74 Å². The highest BCUT2D eigenvalue weighted by molar-refractivity contribution is 5.89. The highest BCUT2D eigenvalue weighted by Crippen LogP contribution is 2.12. The summed E-state index contributed by atoms with van der Waals surface area (Å²) in [6, 6.07) is 0. The molecule has 1 heterocycles. The van der Waals surface area contributed by atoms with Crippen molar-refractivity contribution >= 4 is 5.78 Å². The van der Waals surface area contributed by atoms with E-state index in [-0.39, 0.29) is 5.78 Å². The molecule has 0 spiro atoms. The molecule has 0 radical (unpaired) electrons. The van der Waals surface area contributed by atoms with Gasteiger partial charge >= 0.3 is 0 Å². The lowest BCUT2D eigenvalue weighted by Crippen LogP contribution is -1.95. The van der Waals surface area contributed by atoms with Gasteiger partial charge in [-0.1, -0.05) is 51.4 Å². The first-order valence-electron chi connectivity index (χ1n) is 7.20. The summed E-state index contributed by atoms with van der Waals surface area (Å²) in [4.78, 5) is 11.4. The van der Waals surface area contributed by atoms with Crippen LogP contribution in [0, 0.1) is 0 Å². The van der Waals surface area contributed by atoms with Gasteiger partial charge in [-0.3, -0.25) is 4.79 Å². The van der Waals surface area contributed by atoms with E-state index < -0.39 is 0 Å². The summed E-state index contributed by atoms with van der Waals surface area (Å²) in [5, 5.41) is 0. The van der Waals surface area contributed by atoms with Crippen LogP contribution in [0.1, 0.15) is 70.6 Å². The van der Waals surface area contributed by atoms with E-state index >= 15 is 0 Å². The maximum Gasteiger partial charge on any atom is 0.158 e. The Morgan fingerprint density at radius 1 is 0.765 bits per heavy atom. The van der Waals surface area contributed by atoms with Crippen LogP contribution in [0.15, 0.2) is 12.3 Å². The molecule has 2 nitrogen and oxygen atoms in total. The molecule has 2 heteroatoms. The molecule has 0 unspecified atom stereocenters. The van der Waals surface area contributed by atoms with Crippen LogP contribution in [0.3, 0.4) is 0 Å². The zero-order valence-corrected chi connectivity index (χ0v) is 11.0. The Kier molecular flexibility index (Phi) is 8.71. The van der Waals surface area contributed by atoms with Crippen molar-refractivity contribution in [2.45, 2.75) is 70.6 Å². The fourth-order valence-corrected chi connectivity index (χ4v) is 2.17. The number of carbonyl (C=O) groups is 1. The van der Waals surface area contributed by atoms with Gasteiger partial charge in [-0.15, -0.1) is 0 Å². The first-order valence-corrected chi connectivity index (χ1v) is 7.20. The minimum atomic E-state index is 0.206. The zero-order chi connectivity index (χ0) is 12.2. The summed E-state index contributed by atoms with van der Waals surface area (Å²) < 4.78 is 5.30. The molecule has 0 aromatic rings. The van der Waals surface area contributed by atoms with Gasteiger partial charge in [-0.2, -0.15) is 0 Å². The Morgan fingerprint density at radius 2 is 1.29 bits per heavy atom. The molecule has 0 bridgehead atoms. The van der Waals surface area contributed by atoms with Crippen molar-refractivity contribution in [2.24, 2.45) is 0 Å². The second-order valence-electron chi connectivity index (χ2n) is 4.93. The molecule has 0 aliphatic carbocycles. The Balaban J connectivity index is 2.20. The second kappa shape index (κ2) is 10.4. The summed E-state index contributed by atoms with van der Waals surface area (Å²) in [5.41, 5.74) is 0. The van der Waals surface area contributed by atoms with Crippen LogP contribution in [0.2, 0.25) is 0 Å². The minimum Gasteiger partial charge on any atom is -0.501 e. The smallest absolute Gasteiger partial charge is 0.158 e. The summed E-state index contributed by atoms with van der Waals surface area (Å²) >= 11 is 0. The summed E-state index contributed by atoms with van der Waals surface area (Å²) in [6.45, 7) is 0.754.